The highest BCUT2D eigenvalue weighted by Gasteiger charge is 2.25. The Morgan fingerprint density at radius 1 is 0.800 bits per heavy atom. The van der Waals surface area contributed by atoms with Crippen LogP contribution in [-0.4, -0.2) is 18.7 Å². The summed E-state index contributed by atoms with van der Waals surface area (Å²) in [5.41, 5.74) is 5.85. The fourth-order valence-electron chi connectivity index (χ4n) is 3.17. The largest absolute Gasteiger partial charge is 0.296 e. The minimum Gasteiger partial charge on any atom is -0.282 e. The van der Waals surface area contributed by atoms with Crippen molar-refractivity contribution in [2.45, 2.75) is 11.8 Å². The molecule has 0 spiro atoms. The summed E-state index contributed by atoms with van der Waals surface area (Å²) in [7, 11) is -4.35. The molecule has 0 saturated heterocycles. The second kappa shape index (κ2) is 5.65. The summed E-state index contributed by atoms with van der Waals surface area (Å²) in [4.78, 5) is 4.46. The first kappa shape index (κ1) is 15.7. The fourth-order valence-corrected chi connectivity index (χ4v) is 3.78. The zero-order valence-corrected chi connectivity index (χ0v) is 14.3. The summed E-state index contributed by atoms with van der Waals surface area (Å²) >= 11 is 0. The Hall–Kier alpha value is -2.76. The summed E-state index contributed by atoms with van der Waals surface area (Å²) in [5.74, 6) is 0. The van der Waals surface area contributed by atoms with E-state index in [-0.39, 0.29) is 10.6 Å². The lowest BCUT2D eigenvalue weighted by molar-refractivity contribution is 0.483. The molecule has 3 aromatic carbocycles. The van der Waals surface area contributed by atoms with Crippen molar-refractivity contribution in [3.05, 3.63) is 83.4 Å². The highest BCUT2D eigenvalue weighted by Crippen LogP contribution is 2.38. The van der Waals surface area contributed by atoms with E-state index in [1.54, 1.807) is 12.1 Å². The predicted molar refractivity (Wildman–Crippen MR) is 98.2 cm³/mol. The van der Waals surface area contributed by atoms with Gasteiger partial charge in [0.15, 0.2) is 0 Å². The number of benzene rings is 3. The van der Waals surface area contributed by atoms with Crippen LogP contribution in [0, 0.1) is 6.92 Å². The molecule has 25 heavy (non-hydrogen) atoms. The fraction of sp³-hybridized carbons (Fsp3) is 0.0500. The van der Waals surface area contributed by atoms with Crippen molar-refractivity contribution in [3.8, 4) is 11.1 Å². The third-order valence-corrected chi connectivity index (χ3v) is 5.18. The van der Waals surface area contributed by atoms with E-state index < -0.39 is 10.1 Å². The smallest absolute Gasteiger partial charge is 0.282 e. The maximum Gasteiger partial charge on any atom is 0.296 e. The predicted octanol–water partition coefficient (Wildman–Crippen LogP) is 4.39. The zero-order valence-electron chi connectivity index (χ0n) is 13.5. The van der Waals surface area contributed by atoms with Crippen LogP contribution in [-0.2, 0) is 10.1 Å². The van der Waals surface area contributed by atoms with Crippen LogP contribution in [0.1, 0.15) is 16.7 Å². The quantitative estimate of drug-likeness (QED) is 0.546. The van der Waals surface area contributed by atoms with E-state index in [0.29, 0.717) is 5.71 Å². The summed E-state index contributed by atoms with van der Waals surface area (Å²) in [6.45, 7) is 1.86. The summed E-state index contributed by atoms with van der Waals surface area (Å²) in [6.07, 6.45) is 0. The molecule has 0 amide bonds. The van der Waals surface area contributed by atoms with Gasteiger partial charge in [-0.05, 0) is 35.7 Å². The van der Waals surface area contributed by atoms with Gasteiger partial charge in [-0.2, -0.15) is 8.42 Å². The number of fused-ring (bicyclic) bond motifs is 3. The molecule has 0 radical (unpaired) electrons. The molecule has 0 aliphatic heterocycles. The van der Waals surface area contributed by atoms with Gasteiger partial charge in [0.2, 0.25) is 0 Å². The Morgan fingerprint density at radius 2 is 1.32 bits per heavy atom. The minimum absolute atomic E-state index is 0.188. The van der Waals surface area contributed by atoms with E-state index in [9.17, 15) is 13.0 Å². The molecule has 4 nitrogen and oxygen atoms in total. The van der Waals surface area contributed by atoms with Crippen molar-refractivity contribution in [3.63, 3.8) is 0 Å². The second-order valence-electron chi connectivity index (χ2n) is 6.00. The van der Waals surface area contributed by atoms with Gasteiger partial charge < -0.3 is 0 Å². The van der Waals surface area contributed by atoms with Gasteiger partial charge in [0, 0.05) is 11.1 Å². The summed E-state index contributed by atoms with van der Waals surface area (Å²) < 4.78 is 33.0. The molecular weight excluding hydrogens is 334 g/mol. The second-order valence-corrected chi connectivity index (χ2v) is 7.39. The normalized spacial score (nSPS) is 12.6. The first-order valence-electron chi connectivity index (χ1n) is 7.81. The van der Waals surface area contributed by atoms with Crippen LogP contribution in [0.25, 0.3) is 11.1 Å². The molecule has 1 N–H and O–H groups in total. The lowest BCUT2D eigenvalue weighted by atomic mass is 10.1. The molecule has 0 unspecified atom stereocenters. The van der Waals surface area contributed by atoms with Gasteiger partial charge >= 0.3 is 0 Å². The van der Waals surface area contributed by atoms with E-state index >= 15 is 0 Å². The molecule has 1 aliphatic rings. The van der Waals surface area contributed by atoms with E-state index in [1.165, 1.54) is 6.07 Å². The SMILES string of the molecule is Cc1ccc(S(=O)(=O)O)c(N=C2c3ccccc3-c3ccccc32)c1. The average Bonchev–Trinajstić information content (AvgIpc) is 2.89. The van der Waals surface area contributed by atoms with Gasteiger partial charge in [-0.25, -0.2) is 4.99 Å². The molecule has 4 rings (SSSR count). The topological polar surface area (TPSA) is 66.7 Å². The number of nitrogens with zero attached hydrogens (tertiary/aromatic N) is 1. The molecular formula is C20H15NO3S. The van der Waals surface area contributed by atoms with Crippen LogP contribution < -0.4 is 0 Å². The van der Waals surface area contributed by atoms with Gasteiger partial charge in [-0.3, -0.25) is 4.55 Å². The first-order chi connectivity index (χ1) is 11.9. The molecule has 1 aliphatic carbocycles. The van der Waals surface area contributed by atoms with Gasteiger partial charge in [0.1, 0.15) is 4.90 Å². The average molecular weight is 349 g/mol. The Morgan fingerprint density at radius 3 is 1.84 bits per heavy atom. The lowest BCUT2D eigenvalue weighted by Gasteiger charge is -2.07. The molecule has 0 atom stereocenters. The van der Waals surface area contributed by atoms with Crippen LogP contribution in [0.4, 0.5) is 5.69 Å². The van der Waals surface area contributed by atoms with Crippen LogP contribution in [0.2, 0.25) is 0 Å². The van der Waals surface area contributed by atoms with Crippen LogP contribution in [0.15, 0.2) is 76.6 Å². The summed E-state index contributed by atoms with van der Waals surface area (Å²) in [6, 6.07) is 20.5. The number of rotatable bonds is 2. The Balaban J connectivity index is 2.02. The van der Waals surface area contributed by atoms with Gasteiger partial charge in [-0.1, -0.05) is 54.6 Å². The monoisotopic (exact) mass is 349 g/mol. The number of aryl methyl sites for hydroxylation is 1. The van der Waals surface area contributed by atoms with E-state index in [4.69, 9.17) is 0 Å². The molecule has 3 aromatic rings. The molecule has 0 aromatic heterocycles. The Labute approximate surface area is 146 Å². The van der Waals surface area contributed by atoms with Gasteiger partial charge in [0.05, 0.1) is 11.4 Å². The van der Waals surface area contributed by atoms with Gasteiger partial charge in [-0.15, -0.1) is 0 Å². The lowest BCUT2D eigenvalue weighted by Crippen LogP contribution is -2.02. The van der Waals surface area contributed by atoms with Crippen molar-refractivity contribution >= 4 is 21.5 Å². The molecule has 0 bridgehead atoms. The number of hydrogen-bond acceptors (Lipinski definition) is 3. The molecule has 5 heteroatoms. The van der Waals surface area contributed by atoms with E-state index in [1.807, 2.05) is 55.5 Å². The molecule has 0 saturated carbocycles. The third-order valence-electron chi connectivity index (χ3n) is 4.28. The van der Waals surface area contributed by atoms with Crippen LogP contribution >= 0.6 is 0 Å². The highest BCUT2D eigenvalue weighted by atomic mass is 32.2. The molecule has 0 fully saturated rings. The third kappa shape index (κ3) is 2.67. The van der Waals surface area contributed by atoms with E-state index in [2.05, 4.69) is 4.99 Å². The maximum atomic E-state index is 11.7. The standard InChI is InChI=1S/C20H15NO3S/c1-13-10-11-19(25(22,23)24)18(12-13)21-20-16-8-4-2-6-14(16)15-7-3-5-9-17(15)20/h2-12H,1H3,(H,22,23,24). The van der Waals surface area contributed by atoms with Crippen LogP contribution in [0.3, 0.4) is 0 Å². The Bertz CT molecular complexity index is 1080. The maximum absolute atomic E-state index is 11.7. The number of hydrogen-bond donors (Lipinski definition) is 1. The van der Waals surface area contributed by atoms with Crippen molar-refractivity contribution in [2.24, 2.45) is 4.99 Å². The van der Waals surface area contributed by atoms with E-state index in [0.717, 1.165) is 27.8 Å². The van der Waals surface area contributed by atoms with Crippen molar-refractivity contribution < 1.29 is 13.0 Å². The van der Waals surface area contributed by atoms with Crippen LogP contribution in [0.5, 0.6) is 0 Å². The molecule has 0 heterocycles. The van der Waals surface area contributed by atoms with Crippen molar-refractivity contribution in [1.82, 2.24) is 0 Å². The number of aliphatic imine (C=N–C) groups is 1. The first-order valence-corrected chi connectivity index (χ1v) is 9.25. The van der Waals surface area contributed by atoms with Crippen molar-refractivity contribution in [2.75, 3.05) is 0 Å². The summed E-state index contributed by atoms with van der Waals surface area (Å²) in [5, 5.41) is 0. The zero-order chi connectivity index (χ0) is 17.6. The molecule has 124 valence electrons. The van der Waals surface area contributed by atoms with Crippen molar-refractivity contribution in [1.29, 1.82) is 0 Å². The highest BCUT2D eigenvalue weighted by molar-refractivity contribution is 7.86. The Kier molecular flexibility index (Phi) is 3.56. The minimum atomic E-state index is -4.35. The van der Waals surface area contributed by atoms with Gasteiger partial charge in [0.25, 0.3) is 10.1 Å².